The Hall–Kier alpha value is -0.530. The van der Waals surface area contributed by atoms with Crippen molar-refractivity contribution in [2.45, 2.75) is 32.7 Å². The zero-order valence-corrected chi connectivity index (χ0v) is 10.4. The summed E-state index contributed by atoms with van der Waals surface area (Å²) in [5.41, 5.74) is 3.12. The second-order valence-electron chi connectivity index (χ2n) is 4.05. The van der Waals surface area contributed by atoms with Crippen molar-refractivity contribution in [3.05, 3.63) is 35.4 Å². The summed E-state index contributed by atoms with van der Waals surface area (Å²) in [7, 11) is 0. The van der Waals surface area contributed by atoms with Crippen molar-refractivity contribution in [3.8, 4) is 0 Å². The third-order valence-corrected chi connectivity index (χ3v) is 3.36. The Labute approximate surface area is 98.9 Å². The molecule has 0 fully saturated rings. The minimum Gasteiger partial charge on any atom is -0.300 e. The van der Waals surface area contributed by atoms with Gasteiger partial charge in [0.15, 0.2) is 0 Å². The second kappa shape index (κ2) is 5.53. The van der Waals surface area contributed by atoms with Crippen LogP contribution in [0.2, 0.25) is 0 Å². The van der Waals surface area contributed by atoms with E-state index >= 15 is 0 Å². The molecule has 0 atom stereocenters. The molecule has 0 aliphatic heterocycles. The lowest BCUT2D eigenvalue weighted by Crippen LogP contribution is -2.35. The molecule has 0 aromatic heterocycles. The van der Waals surface area contributed by atoms with Gasteiger partial charge >= 0.3 is 0 Å². The maximum absolute atomic E-state index is 2.57. The molecule has 0 saturated carbocycles. The van der Waals surface area contributed by atoms with Crippen LogP contribution in [0.3, 0.4) is 0 Å². The number of rotatable bonds is 3. The molecule has 0 heterocycles. The highest BCUT2D eigenvalue weighted by Crippen LogP contribution is 2.24. The summed E-state index contributed by atoms with van der Waals surface area (Å²) in [5.74, 6) is 0. The number of halogens is 1. The molecule has 0 radical (unpaired) electrons. The molecule has 0 amide bonds. The summed E-state index contributed by atoms with van der Waals surface area (Å²) in [6, 6.07) is 9.62. The van der Waals surface area contributed by atoms with E-state index in [9.17, 15) is 0 Å². The smallest absolute Gasteiger partial charge is 0.0176 e. The standard InChI is InChI=1S/C13H19N.ClH/c1-3-14(4-2)13-9-11-7-5-6-8-12(11)10-13;/h5-8,13H,3-4,9-10H2,1-2H3;1H. The average molecular weight is 226 g/mol. The molecule has 0 N–H and O–H groups in total. The average Bonchev–Trinajstić information content (AvgIpc) is 2.63. The van der Waals surface area contributed by atoms with Crippen LogP contribution in [-0.2, 0) is 12.8 Å². The van der Waals surface area contributed by atoms with Crippen molar-refractivity contribution in [3.63, 3.8) is 0 Å². The number of benzene rings is 1. The zero-order valence-electron chi connectivity index (χ0n) is 9.57. The summed E-state index contributed by atoms with van der Waals surface area (Å²) < 4.78 is 0. The van der Waals surface area contributed by atoms with Crippen molar-refractivity contribution < 1.29 is 0 Å². The third-order valence-electron chi connectivity index (χ3n) is 3.36. The van der Waals surface area contributed by atoms with E-state index < -0.39 is 0 Å². The summed E-state index contributed by atoms with van der Waals surface area (Å²) >= 11 is 0. The number of likely N-dealkylation sites (N-methyl/N-ethyl adjacent to an activating group) is 1. The highest BCUT2D eigenvalue weighted by atomic mass is 35.5. The van der Waals surface area contributed by atoms with Crippen molar-refractivity contribution in [2.24, 2.45) is 0 Å². The fraction of sp³-hybridized carbons (Fsp3) is 0.538. The van der Waals surface area contributed by atoms with Crippen LogP contribution < -0.4 is 0 Å². The summed E-state index contributed by atoms with van der Waals surface area (Å²) in [6.07, 6.45) is 2.50. The van der Waals surface area contributed by atoms with Crippen LogP contribution in [0.1, 0.15) is 25.0 Å². The van der Waals surface area contributed by atoms with Crippen LogP contribution in [0.4, 0.5) is 0 Å². The van der Waals surface area contributed by atoms with Gasteiger partial charge in [0.1, 0.15) is 0 Å². The van der Waals surface area contributed by atoms with E-state index in [0.29, 0.717) is 0 Å². The molecule has 1 nitrogen and oxygen atoms in total. The Morgan fingerprint density at radius 1 is 1.07 bits per heavy atom. The van der Waals surface area contributed by atoms with E-state index in [1.807, 2.05) is 0 Å². The molecule has 0 saturated heterocycles. The van der Waals surface area contributed by atoms with Gasteiger partial charge in [-0.3, -0.25) is 0 Å². The molecule has 2 rings (SSSR count). The first-order valence-electron chi connectivity index (χ1n) is 5.66. The molecular weight excluding hydrogens is 206 g/mol. The Morgan fingerprint density at radius 3 is 1.93 bits per heavy atom. The highest BCUT2D eigenvalue weighted by Gasteiger charge is 2.24. The lowest BCUT2D eigenvalue weighted by Gasteiger charge is -2.25. The van der Waals surface area contributed by atoms with E-state index in [1.165, 1.54) is 25.9 Å². The first kappa shape index (κ1) is 12.5. The van der Waals surface area contributed by atoms with Crippen LogP contribution >= 0.6 is 12.4 Å². The van der Waals surface area contributed by atoms with Gasteiger partial charge in [-0.15, -0.1) is 12.4 Å². The second-order valence-corrected chi connectivity index (χ2v) is 4.05. The van der Waals surface area contributed by atoms with E-state index in [2.05, 4.69) is 43.0 Å². The van der Waals surface area contributed by atoms with Crippen molar-refractivity contribution in [1.29, 1.82) is 0 Å². The fourth-order valence-corrected chi connectivity index (χ4v) is 2.53. The minimum atomic E-state index is 0. The van der Waals surface area contributed by atoms with E-state index in [4.69, 9.17) is 0 Å². The molecule has 1 aliphatic rings. The summed E-state index contributed by atoms with van der Waals surface area (Å²) in [4.78, 5) is 2.57. The topological polar surface area (TPSA) is 3.24 Å². The van der Waals surface area contributed by atoms with Crippen LogP contribution in [0.15, 0.2) is 24.3 Å². The Morgan fingerprint density at radius 2 is 1.53 bits per heavy atom. The predicted octanol–water partition coefficient (Wildman–Crippen LogP) is 2.92. The largest absolute Gasteiger partial charge is 0.300 e. The maximum atomic E-state index is 2.57. The predicted molar refractivity (Wildman–Crippen MR) is 67.8 cm³/mol. The zero-order chi connectivity index (χ0) is 9.97. The first-order chi connectivity index (χ1) is 6.85. The molecule has 0 bridgehead atoms. The molecule has 84 valence electrons. The molecular formula is C13H20ClN. The molecule has 0 spiro atoms. The SMILES string of the molecule is CCN(CC)C1Cc2ccccc2C1.Cl. The molecule has 1 aromatic rings. The molecule has 2 heteroatoms. The maximum Gasteiger partial charge on any atom is 0.0176 e. The van der Waals surface area contributed by atoms with Crippen LogP contribution in [0.5, 0.6) is 0 Å². The van der Waals surface area contributed by atoms with E-state index in [-0.39, 0.29) is 12.4 Å². The minimum absolute atomic E-state index is 0. The molecule has 1 aromatic carbocycles. The summed E-state index contributed by atoms with van der Waals surface area (Å²) in [6.45, 7) is 6.86. The Kier molecular flexibility index (Phi) is 4.62. The number of fused-ring (bicyclic) bond motifs is 1. The van der Waals surface area contributed by atoms with Gasteiger partial charge in [0.2, 0.25) is 0 Å². The van der Waals surface area contributed by atoms with E-state index in [0.717, 1.165) is 6.04 Å². The monoisotopic (exact) mass is 225 g/mol. The molecule has 1 aliphatic carbocycles. The van der Waals surface area contributed by atoms with Gasteiger partial charge < -0.3 is 4.90 Å². The number of hydrogen-bond donors (Lipinski definition) is 0. The molecule has 0 unspecified atom stereocenters. The van der Waals surface area contributed by atoms with Crippen LogP contribution in [0, 0.1) is 0 Å². The van der Waals surface area contributed by atoms with Crippen molar-refractivity contribution in [2.75, 3.05) is 13.1 Å². The fourth-order valence-electron chi connectivity index (χ4n) is 2.53. The lowest BCUT2D eigenvalue weighted by molar-refractivity contribution is 0.223. The van der Waals surface area contributed by atoms with Crippen LogP contribution in [0.25, 0.3) is 0 Å². The normalized spacial score (nSPS) is 15.1. The Balaban J connectivity index is 0.00000112. The lowest BCUT2D eigenvalue weighted by atomic mass is 10.1. The number of hydrogen-bond acceptors (Lipinski definition) is 1. The molecule has 15 heavy (non-hydrogen) atoms. The van der Waals surface area contributed by atoms with Gasteiger partial charge in [0, 0.05) is 6.04 Å². The van der Waals surface area contributed by atoms with Gasteiger partial charge in [-0.05, 0) is 37.1 Å². The van der Waals surface area contributed by atoms with Gasteiger partial charge in [0.05, 0.1) is 0 Å². The van der Waals surface area contributed by atoms with Gasteiger partial charge in [-0.25, -0.2) is 0 Å². The van der Waals surface area contributed by atoms with E-state index in [1.54, 1.807) is 11.1 Å². The third kappa shape index (κ3) is 2.53. The first-order valence-corrected chi connectivity index (χ1v) is 5.66. The van der Waals surface area contributed by atoms with Gasteiger partial charge in [-0.2, -0.15) is 0 Å². The highest BCUT2D eigenvalue weighted by molar-refractivity contribution is 5.85. The quantitative estimate of drug-likeness (QED) is 0.765. The summed E-state index contributed by atoms with van der Waals surface area (Å²) in [5, 5.41) is 0. The Bertz CT molecular complexity index is 282. The van der Waals surface area contributed by atoms with Crippen molar-refractivity contribution >= 4 is 12.4 Å². The van der Waals surface area contributed by atoms with Gasteiger partial charge in [0.25, 0.3) is 0 Å². The van der Waals surface area contributed by atoms with Gasteiger partial charge in [-0.1, -0.05) is 38.1 Å². The van der Waals surface area contributed by atoms with Crippen molar-refractivity contribution in [1.82, 2.24) is 4.90 Å². The number of nitrogens with zero attached hydrogens (tertiary/aromatic N) is 1. The van der Waals surface area contributed by atoms with Crippen LogP contribution in [-0.4, -0.2) is 24.0 Å².